The molecular weight excluding hydrogens is 264 g/mol. The molecule has 0 fully saturated rings. The molecule has 1 aliphatic rings. The lowest BCUT2D eigenvalue weighted by molar-refractivity contribution is -0.116. The van der Waals surface area contributed by atoms with Crippen molar-refractivity contribution >= 4 is 39.7 Å². The van der Waals surface area contributed by atoms with E-state index in [0.29, 0.717) is 12.3 Å². The molecule has 0 unspecified atom stereocenters. The van der Waals surface area contributed by atoms with Crippen molar-refractivity contribution in [3.8, 4) is 0 Å². The Kier molecular flexibility index (Phi) is 3.01. The first-order valence-electron chi connectivity index (χ1n) is 5.60. The molecule has 1 aromatic carbocycles. The van der Waals surface area contributed by atoms with E-state index in [-0.39, 0.29) is 5.91 Å². The van der Waals surface area contributed by atoms with Gasteiger partial charge < -0.3 is 10.6 Å². The maximum atomic E-state index is 12.0. The van der Waals surface area contributed by atoms with Gasteiger partial charge in [0, 0.05) is 0 Å². The van der Waals surface area contributed by atoms with Gasteiger partial charge in [-0.05, 0) is 11.6 Å². The minimum atomic E-state index is 0.147. The van der Waals surface area contributed by atoms with Gasteiger partial charge in [0.2, 0.25) is 5.91 Å². The van der Waals surface area contributed by atoms with Gasteiger partial charge in [0.25, 0.3) is 0 Å². The third kappa shape index (κ3) is 2.11. The fourth-order valence-electron chi connectivity index (χ4n) is 1.95. The highest BCUT2D eigenvalue weighted by molar-refractivity contribution is 8.02. The number of thiophene rings is 1. The number of carbonyl (C=O) groups is 1. The molecule has 5 heteroatoms. The second-order valence-electron chi connectivity index (χ2n) is 4.08. The molecule has 2 heterocycles. The Hall–Kier alpha value is -1.46. The highest BCUT2D eigenvalue weighted by atomic mass is 32.2. The third-order valence-electron chi connectivity index (χ3n) is 2.80. The SMILES string of the molecule is Nc1cc2c(s1)SCC(=O)N2Cc1ccccc1. The molecular formula is C13H12N2OS2. The van der Waals surface area contributed by atoms with Gasteiger partial charge in [-0.15, -0.1) is 23.1 Å². The van der Waals surface area contributed by atoms with E-state index < -0.39 is 0 Å². The molecule has 92 valence electrons. The van der Waals surface area contributed by atoms with E-state index in [4.69, 9.17) is 5.73 Å². The zero-order valence-corrected chi connectivity index (χ0v) is 11.3. The molecule has 3 rings (SSSR count). The van der Waals surface area contributed by atoms with E-state index >= 15 is 0 Å². The van der Waals surface area contributed by atoms with Crippen molar-refractivity contribution in [1.29, 1.82) is 0 Å². The van der Waals surface area contributed by atoms with Gasteiger partial charge in [0.05, 0.1) is 27.2 Å². The Bertz CT molecular complexity index is 580. The smallest absolute Gasteiger partial charge is 0.237 e. The summed E-state index contributed by atoms with van der Waals surface area (Å²) in [7, 11) is 0. The van der Waals surface area contributed by atoms with Crippen LogP contribution in [-0.2, 0) is 11.3 Å². The van der Waals surface area contributed by atoms with Crippen molar-refractivity contribution in [2.45, 2.75) is 10.8 Å². The van der Waals surface area contributed by atoms with Crippen molar-refractivity contribution < 1.29 is 4.79 Å². The first kappa shape index (κ1) is 11.6. The van der Waals surface area contributed by atoms with E-state index in [1.807, 2.05) is 41.3 Å². The lowest BCUT2D eigenvalue weighted by Crippen LogP contribution is -2.34. The van der Waals surface area contributed by atoms with Crippen LogP contribution >= 0.6 is 23.1 Å². The van der Waals surface area contributed by atoms with E-state index in [0.717, 1.165) is 20.5 Å². The second kappa shape index (κ2) is 4.66. The minimum absolute atomic E-state index is 0.147. The molecule has 0 saturated heterocycles. The Morgan fingerprint density at radius 1 is 1.28 bits per heavy atom. The molecule has 1 aromatic heterocycles. The highest BCUT2D eigenvalue weighted by Gasteiger charge is 2.26. The molecule has 0 aliphatic carbocycles. The summed E-state index contributed by atoms with van der Waals surface area (Å²) >= 11 is 3.13. The maximum absolute atomic E-state index is 12.0. The first-order chi connectivity index (χ1) is 8.74. The van der Waals surface area contributed by atoms with Gasteiger partial charge in [-0.1, -0.05) is 30.3 Å². The van der Waals surface area contributed by atoms with Crippen LogP contribution in [0.1, 0.15) is 5.56 Å². The van der Waals surface area contributed by atoms with Crippen LogP contribution in [0.5, 0.6) is 0 Å². The molecule has 1 aliphatic heterocycles. The van der Waals surface area contributed by atoms with Crippen LogP contribution in [0.4, 0.5) is 10.7 Å². The summed E-state index contributed by atoms with van der Waals surface area (Å²) in [6.45, 7) is 0.614. The fourth-order valence-corrected chi connectivity index (χ4v) is 4.04. The predicted molar refractivity (Wildman–Crippen MR) is 77.1 cm³/mol. The number of nitrogens with zero attached hydrogens (tertiary/aromatic N) is 1. The molecule has 3 nitrogen and oxygen atoms in total. The van der Waals surface area contributed by atoms with Gasteiger partial charge in [0.1, 0.15) is 0 Å². The van der Waals surface area contributed by atoms with Crippen molar-refractivity contribution in [3.05, 3.63) is 42.0 Å². The molecule has 0 radical (unpaired) electrons. The monoisotopic (exact) mass is 276 g/mol. The van der Waals surface area contributed by atoms with Crippen LogP contribution in [0, 0.1) is 0 Å². The van der Waals surface area contributed by atoms with Crippen molar-refractivity contribution in [2.24, 2.45) is 0 Å². The number of carbonyl (C=O) groups excluding carboxylic acids is 1. The summed E-state index contributed by atoms with van der Waals surface area (Å²) in [4.78, 5) is 13.9. The summed E-state index contributed by atoms with van der Waals surface area (Å²) in [5, 5.41) is 0.764. The lowest BCUT2D eigenvalue weighted by atomic mass is 10.2. The van der Waals surface area contributed by atoms with E-state index in [2.05, 4.69) is 0 Å². The first-order valence-corrected chi connectivity index (χ1v) is 7.40. The van der Waals surface area contributed by atoms with E-state index in [9.17, 15) is 4.79 Å². The Labute approximate surface area is 114 Å². The van der Waals surface area contributed by atoms with Crippen molar-refractivity contribution in [1.82, 2.24) is 0 Å². The number of benzene rings is 1. The van der Waals surface area contributed by atoms with Crippen LogP contribution in [0.25, 0.3) is 0 Å². The molecule has 0 bridgehead atoms. The van der Waals surface area contributed by atoms with Gasteiger partial charge in [-0.2, -0.15) is 0 Å². The van der Waals surface area contributed by atoms with Crippen LogP contribution in [0.3, 0.4) is 0 Å². The third-order valence-corrected chi connectivity index (χ3v) is 5.02. The molecule has 2 aromatic rings. The summed E-state index contributed by atoms with van der Waals surface area (Å²) in [5.41, 5.74) is 7.92. The van der Waals surface area contributed by atoms with Crippen molar-refractivity contribution in [2.75, 3.05) is 16.4 Å². The fraction of sp³-hybridized carbons (Fsp3) is 0.154. The summed E-state index contributed by atoms with van der Waals surface area (Å²) in [6.07, 6.45) is 0. The Balaban J connectivity index is 1.93. The topological polar surface area (TPSA) is 46.3 Å². The molecule has 0 atom stereocenters. The van der Waals surface area contributed by atoms with Crippen LogP contribution < -0.4 is 10.6 Å². The summed E-state index contributed by atoms with van der Waals surface area (Å²) in [6, 6.07) is 11.9. The zero-order valence-electron chi connectivity index (χ0n) is 9.63. The van der Waals surface area contributed by atoms with Crippen LogP contribution in [0.15, 0.2) is 40.6 Å². The normalized spacial score (nSPS) is 14.7. The standard InChI is InChI=1S/C13H12N2OS2/c14-11-6-10-13(18-11)17-8-12(16)15(10)7-9-4-2-1-3-5-9/h1-6H,7-8,14H2. The van der Waals surface area contributed by atoms with E-state index in [1.165, 1.54) is 0 Å². The van der Waals surface area contributed by atoms with Gasteiger partial charge in [0.15, 0.2) is 0 Å². The highest BCUT2D eigenvalue weighted by Crippen LogP contribution is 2.43. The van der Waals surface area contributed by atoms with Gasteiger partial charge >= 0.3 is 0 Å². The number of nitrogen functional groups attached to an aromatic ring is 1. The predicted octanol–water partition coefficient (Wildman–Crippen LogP) is 2.97. The van der Waals surface area contributed by atoms with Crippen molar-refractivity contribution in [3.63, 3.8) is 0 Å². The molecule has 0 saturated carbocycles. The Morgan fingerprint density at radius 3 is 2.83 bits per heavy atom. The average Bonchev–Trinajstić information content (AvgIpc) is 2.75. The number of anilines is 2. The largest absolute Gasteiger partial charge is 0.390 e. The maximum Gasteiger partial charge on any atom is 0.237 e. The average molecular weight is 276 g/mol. The molecule has 18 heavy (non-hydrogen) atoms. The number of hydrogen-bond acceptors (Lipinski definition) is 4. The number of nitrogens with two attached hydrogens (primary N) is 1. The minimum Gasteiger partial charge on any atom is -0.390 e. The second-order valence-corrected chi connectivity index (χ2v) is 6.40. The number of rotatable bonds is 2. The Morgan fingerprint density at radius 2 is 2.06 bits per heavy atom. The van der Waals surface area contributed by atoms with Gasteiger partial charge in [-0.3, -0.25) is 4.79 Å². The summed E-state index contributed by atoms with van der Waals surface area (Å²) < 4.78 is 1.14. The molecule has 1 amide bonds. The number of fused-ring (bicyclic) bond motifs is 1. The van der Waals surface area contributed by atoms with Crippen LogP contribution in [-0.4, -0.2) is 11.7 Å². The summed E-state index contributed by atoms with van der Waals surface area (Å²) in [5.74, 6) is 0.647. The number of thioether (sulfide) groups is 1. The number of amides is 1. The lowest BCUT2D eigenvalue weighted by Gasteiger charge is -2.26. The van der Waals surface area contributed by atoms with Crippen LogP contribution in [0.2, 0.25) is 0 Å². The van der Waals surface area contributed by atoms with E-state index in [1.54, 1.807) is 23.1 Å². The molecule has 2 N–H and O–H groups in total. The number of hydrogen-bond donors (Lipinski definition) is 1. The zero-order chi connectivity index (χ0) is 12.5. The van der Waals surface area contributed by atoms with Gasteiger partial charge in [-0.25, -0.2) is 0 Å². The quantitative estimate of drug-likeness (QED) is 0.917. The molecule has 0 spiro atoms.